The number of carbonyl (C=O) groups is 1. The van der Waals surface area contributed by atoms with E-state index in [0.29, 0.717) is 30.4 Å². The highest BCUT2D eigenvalue weighted by atomic mass is 16.5. The van der Waals surface area contributed by atoms with E-state index in [-0.39, 0.29) is 17.6 Å². The molecule has 0 aliphatic carbocycles. The van der Waals surface area contributed by atoms with Gasteiger partial charge in [-0.1, -0.05) is 5.16 Å². The molecule has 25 heavy (non-hydrogen) atoms. The number of anilines is 1. The van der Waals surface area contributed by atoms with Gasteiger partial charge in [0, 0.05) is 6.07 Å². The molecule has 1 N–H and O–H groups in total. The third-order valence-corrected chi connectivity index (χ3v) is 3.04. The smallest absolute Gasteiger partial charge is 0.319 e. The summed E-state index contributed by atoms with van der Waals surface area (Å²) in [6.07, 6.45) is 2.91. The molecule has 3 rings (SSSR count). The maximum atomic E-state index is 12.4. The maximum Gasteiger partial charge on any atom is 0.319 e. The van der Waals surface area contributed by atoms with E-state index >= 15 is 0 Å². The van der Waals surface area contributed by atoms with E-state index in [1.54, 1.807) is 19.1 Å². The summed E-state index contributed by atoms with van der Waals surface area (Å²) in [6.45, 7) is 4.42. The van der Waals surface area contributed by atoms with Gasteiger partial charge in [-0.15, -0.1) is 0 Å². The van der Waals surface area contributed by atoms with Crippen molar-refractivity contribution in [2.45, 2.75) is 13.8 Å². The van der Waals surface area contributed by atoms with Crippen LogP contribution in [0.3, 0.4) is 0 Å². The van der Waals surface area contributed by atoms with Crippen molar-refractivity contribution in [3.05, 3.63) is 36.4 Å². The zero-order valence-corrected chi connectivity index (χ0v) is 13.7. The van der Waals surface area contributed by atoms with E-state index in [2.05, 4.69) is 20.4 Å². The Bertz CT molecular complexity index is 844. The Balaban J connectivity index is 1.78. The standard InChI is InChI=1S/C16H16N4O5/c1-3-22-15-11(9-17-16(19-15)23-4-2)18-14(21)10-8-13(25-20-10)12-6-5-7-24-12/h5-9H,3-4H2,1-2H3,(H,18,21). The Morgan fingerprint density at radius 1 is 1.24 bits per heavy atom. The zero-order valence-electron chi connectivity index (χ0n) is 13.7. The molecule has 130 valence electrons. The van der Waals surface area contributed by atoms with Crippen molar-refractivity contribution in [1.82, 2.24) is 15.1 Å². The van der Waals surface area contributed by atoms with Crippen LogP contribution in [0.25, 0.3) is 11.5 Å². The van der Waals surface area contributed by atoms with E-state index in [4.69, 9.17) is 18.4 Å². The van der Waals surface area contributed by atoms with Crippen molar-refractivity contribution in [2.24, 2.45) is 0 Å². The summed E-state index contributed by atoms with van der Waals surface area (Å²) in [5.74, 6) is 0.549. The van der Waals surface area contributed by atoms with Crippen LogP contribution in [0.4, 0.5) is 5.69 Å². The van der Waals surface area contributed by atoms with Crippen LogP contribution in [-0.4, -0.2) is 34.2 Å². The molecular weight excluding hydrogens is 328 g/mol. The highest BCUT2D eigenvalue weighted by Gasteiger charge is 2.18. The summed E-state index contributed by atoms with van der Waals surface area (Å²) < 4.78 is 21.0. The Labute approximate surface area is 143 Å². The number of hydrogen-bond donors (Lipinski definition) is 1. The van der Waals surface area contributed by atoms with Gasteiger partial charge in [-0.2, -0.15) is 4.98 Å². The average Bonchev–Trinajstić information content (AvgIpc) is 3.29. The Morgan fingerprint density at radius 3 is 2.80 bits per heavy atom. The first-order valence-electron chi connectivity index (χ1n) is 7.65. The van der Waals surface area contributed by atoms with Gasteiger partial charge in [0.25, 0.3) is 5.91 Å². The molecule has 0 saturated carbocycles. The highest BCUT2D eigenvalue weighted by Crippen LogP contribution is 2.25. The molecule has 3 aromatic heterocycles. The quantitative estimate of drug-likeness (QED) is 0.696. The summed E-state index contributed by atoms with van der Waals surface area (Å²) in [5, 5.41) is 6.38. The lowest BCUT2D eigenvalue weighted by Crippen LogP contribution is -2.14. The first-order valence-corrected chi connectivity index (χ1v) is 7.65. The summed E-state index contributed by atoms with van der Waals surface area (Å²) in [6, 6.07) is 5.06. The molecule has 0 aromatic carbocycles. The third kappa shape index (κ3) is 3.77. The van der Waals surface area contributed by atoms with Crippen molar-refractivity contribution in [2.75, 3.05) is 18.5 Å². The molecule has 0 fully saturated rings. The molecule has 0 bridgehead atoms. The summed E-state index contributed by atoms with van der Waals surface area (Å²) >= 11 is 0. The van der Waals surface area contributed by atoms with Gasteiger partial charge in [-0.25, -0.2) is 4.98 Å². The van der Waals surface area contributed by atoms with Crippen LogP contribution in [0.2, 0.25) is 0 Å². The number of carbonyl (C=O) groups excluding carboxylic acids is 1. The van der Waals surface area contributed by atoms with Gasteiger partial charge in [-0.05, 0) is 26.0 Å². The fraction of sp³-hybridized carbons (Fsp3) is 0.250. The van der Waals surface area contributed by atoms with E-state index < -0.39 is 5.91 Å². The molecular formula is C16H16N4O5. The molecule has 9 nitrogen and oxygen atoms in total. The lowest BCUT2D eigenvalue weighted by Gasteiger charge is -2.10. The lowest BCUT2D eigenvalue weighted by molar-refractivity contribution is 0.101. The second-order valence-electron chi connectivity index (χ2n) is 4.75. The van der Waals surface area contributed by atoms with E-state index in [1.807, 2.05) is 6.92 Å². The second-order valence-corrected chi connectivity index (χ2v) is 4.75. The van der Waals surface area contributed by atoms with Crippen LogP contribution < -0.4 is 14.8 Å². The van der Waals surface area contributed by atoms with Crippen LogP contribution in [-0.2, 0) is 0 Å². The number of nitrogens with one attached hydrogen (secondary N) is 1. The highest BCUT2D eigenvalue weighted by molar-refractivity contribution is 6.03. The van der Waals surface area contributed by atoms with Crippen molar-refractivity contribution in [3.8, 4) is 23.4 Å². The number of amides is 1. The zero-order chi connectivity index (χ0) is 17.6. The van der Waals surface area contributed by atoms with Gasteiger partial charge < -0.3 is 23.7 Å². The number of nitrogens with zero attached hydrogens (tertiary/aromatic N) is 3. The van der Waals surface area contributed by atoms with Gasteiger partial charge in [0.1, 0.15) is 5.69 Å². The second kappa shape index (κ2) is 7.47. The van der Waals surface area contributed by atoms with Crippen LogP contribution in [0.15, 0.2) is 39.6 Å². The molecule has 0 aliphatic rings. The van der Waals surface area contributed by atoms with Crippen molar-refractivity contribution < 1.29 is 23.2 Å². The summed E-state index contributed by atoms with van der Waals surface area (Å²) in [7, 11) is 0. The predicted molar refractivity (Wildman–Crippen MR) is 86.5 cm³/mol. The largest absolute Gasteiger partial charge is 0.476 e. The minimum absolute atomic E-state index is 0.0859. The van der Waals surface area contributed by atoms with Crippen molar-refractivity contribution in [1.29, 1.82) is 0 Å². The SMILES string of the molecule is CCOc1ncc(NC(=O)c2cc(-c3ccco3)on2)c(OCC)n1. The van der Waals surface area contributed by atoms with Crippen molar-refractivity contribution in [3.63, 3.8) is 0 Å². The molecule has 0 saturated heterocycles. The van der Waals surface area contributed by atoms with Crippen LogP contribution >= 0.6 is 0 Å². The monoisotopic (exact) mass is 344 g/mol. The van der Waals surface area contributed by atoms with E-state index in [9.17, 15) is 4.79 Å². The molecule has 0 atom stereocenters. The summed E-state index contributed by atoms with van der Waals surface area (Å²) in [5.41, 5.74) is 0.389. The minimum Gasteiger partial charge on any atom is -0.476 e. The molecule has 0 aliphatic heterocycles. The number of rotatable bonds is 7. The normalized spacial score (nSPS) is 10.5. The van der Waals surface area contributed by atoms with Gasteiger partial charge >= 0.3 is 6.01 Å². The Kier molecular flexibility index (Phi) is 4.93. The summed E-state index contributed by atoms with van der Waals surface area (Å²) in [4.78, 5) is 20.5. The topological polar surface area (TPSA) is 113 Å². The predicted octanol–water partition coefficient (Wildman–Crippen LogP) is 2.77. The number of ether oxygens (including phenoxy) is 2. The van der Waals surface area contributed by atoms with Gasteiger partial charge in [0.05, 0.1) is 25.7 Å². The average molecular weight is 344 g/mol. The minimum atomic E-state index is -0.490. The fourth-order valence-electron chi connectivity index (χ4n) is 1.99. The molecule has 0 spiro atoms. The molecule has 9 heteroatoms. The molecule has 1 amide bonds. The molecule has 0 unspecified atom stereocenters. The lowest BCUT2D eigenvalue weighted by atomic mass is 10.3. The first kappa shape index (κ1) is 16.5. The van der Waals surface area contributed by atoms with Gasteiger partial charge in [-0.3, -0.25) is 4.79 Å². The fourth-order valence-corrected chi connectivity index (χ4v) is 1.99. The third-order valence-electron chi connectivity index (χ3n) is 3.04. The van der Waals surface area contributed by atoms with Crippen LogP contribution in [0.1, 0.15) is 24.3 Å². The maximum absolute atomic E-state index is 12.4. The molecule has 3 heterocycles. The Morgan fingerprint density at radius 2 is 2.08 bits per heavy atom. The van der Waals surface area contributed by atoms with Crippen LogP contribution in [0.5, 0.6) is 11.9 Å². The van der Waals surface area contributed by atoms with E-state index in [0.717, 1.165) is 0 Å². The molecule has 0 radical (unpaired) electrons. The first-order chi connectivity index (χ1) is 12.2. The number of furan rings is 1. The van der Waals surface area contributed by atoms with Gasteiger partial charge in [0.15, 0.2) is 11.5 Å². The van der Waals surface area contributed by atoms with Gasteiger partial charge in [0.2, 0.25) is 11.6 Å². The number of aromatic nitrogens is 3. The molecule has 3 aromatic rings. The van der Waals surface area contributed by atoms with Crippen molar-refractivity contribution >= 4 is 11.6 Å². The Hall–Kier alpha value is -3.36. The van der Waals surface area contributed by atoms with Crippen LogP contribution in [0, 0.1) is 0 Å². The van der Waals surface area contributed by atoms with E-state index in [1.165, 1.54) is 18.5 Å². The number of hydrogen-bond acceptors (Lipinski definition) is 8.